The molecule has 0 unspecified atom stereocenters. The molecule has 1 aliphatic heterocycles. The van der Waals surface area contributed by atoms with Crippen molar-refractivity contribution in [3.63, 3.8) is 0 Å². The number of nitrogens with zero attached hydrogens (tertiary/aromatic N) is 3. The van der Waals surface area contributed by atoms with Crippen molar-refractivity contribution in [2.75, 3.05) is 23.9 Å². The summed E-state index contributed by atoms with van der Waals surface area (Å²) in [4.78, 5) is 8.70. The molecule has 0 aliphatic carbocycles. The van der Waals surface area contributed by atoms with Gasteiger partial charge in [-0.25, -0.2) is 0 Å². The van der Waals surface area contributed by atoms with Crippen LogP contribution in [-0.4, -0.2) is 24.2 Å². The number of furan rings is 1. The van der Waals surface area contributed by atoms with E-state index in [0.717, 1.165) is 22.8 Å². The highest BCUT2D eigenvalue weighted by molar-refractivity contribution is 7.80. The largest absolute Gasteiger partial charge is 0.467 e. The Morgan fingerprint density at radius 3 is 2.50 bits per heavy atom. The van der Waals surface area contributed by atoms with Gasteiger partial charge in [0.15, 0.2) is 5.11 Å². The number of hydrogen-bond acceptors (Lipinski definition) is 4. The highest BCUT2D eigenvalue weighted by atomic mass is 32.1. The van der Waals surface area contributed by atoms with Crippen LogP contribution in [-0.2, 0) is 0 Å². The van der Waals surface area contributed by atoms with Crippen LogP contribution in [0.3, 0.4) is 0 Å². The van der Waals surface area contributed by atoms with Gasteiger partial charge in [0.1, 0.15) is 11.8 Å². The third-order valence-electron chi connectivity index (χ3n) is 4.58. The van der Waals surface area contributed by atoms with Crippen LogP contribution in [0, 0.1) is 0 Å². The number of anilines is 2. The normalized spacial score (nSPS) is 19.5. The van der Waals surface area contributed by atoms with Crippen LogP contribution in [0.2, 0.25) is 0 Å². The highest BCUT2D eigenvalue weighted by Crippen LogP contribution is 2.41. The van der Waals surface area contributed by atoms with Crippen molar-refractivity contribution in [3.05, 3.63) is 78.5 Å². The SMILES string of the molecule is CN(C)c1ccc(N2C(=S)N[C@@H](c3ccccn3)[C@H]2c2ccco2)cc1. The summed E-state index contributed by atoms with van der Waals surface area (Å²) in [7, 11) is 4.06. The first-order valence-corrected chi connectivity index (χ1v) is 8.87. The summed E-state index contributed by atoms with van der Waals surface area (Å²) in [6.07, 6.45) is 3.49. The van der Waals surface area contributed by atoms with Crippen LogP contribution >= 0.6 is 12.2 Å². The van der Waals surface area contributed by atoms with Gasteiger partial charge in [-0.2, -0.15) is 0 Å². The van der Waals surface area contributed by atoms with E-state index in [0.29, 0.717) is 5.11 Å². The molecule has 132 valence electrons. The molecular formula is C20H20N4OS. The Balaban J connectivity index is 1.76. The van der Waals surface area contributed by atoms with Gasteiger partial charge < -0.3 is 19.5 Å². The molecule has 0 saturated carbocycles. The topological polar surface area (TPSA) is 44.5 Å². The van der Waals surface area contributed by atoms with E-state index in [9.17, 15) is 0 Å². The molecule has 1 aliphatic rings. The monoisotopic (exact) mass is 364 g/mol. The lowest BCUT2D eigenvalue weighted by molar-refractivity contribution is 0.432. The van der Waals surface area contributed by atoms with Crippen molar-refractivity contribution < 1.29 is 4.42 Å². The lowest BCUT2D eigenvalue weighted by Crippen LogP contribution is -2.29. The van der Waals surface area contributed by atoms with Gasteiger partial charge in [-0.15, -0.1) is 0 Å². The van der Waals surface area contributed by atoms with Crippen LogP contribution in [0.4, 0.5) is 11.4 Å². The van der Waals surface area contributed by atoms with Crippen molar-refractivity contribution in [1.82, 2.24) is 10.3 Å². The lowest BCUT2D eigenvalue weighted by Gasteiger charge is -2.26. The van der Waals surface area contributed by atoms with Gasteiger partial charge in [0, 0.05) is 31.7 Å². The molecule has 0 spiro atoms. The van der Waals surface area contributed by atoms with Crippen molar-refractivity contribution in [3.8, 4) is 0 Å². The molecule has 3 heterocycles. The van der Waals surface area contributed by atoms with Gasteiger partial charge in [0.05, 0.1) is 18.0 Å². The Morgan fingerprint density at radius 1 is 1.08 bits per heavy atom. The summed E-state index contributed by atoms with van der Waals surface area (Å²) in [5.74, 6) is 0.852. The molecule has 0 amide bonds. The summed E-state index contributed by atoms with van der Waals surface area (Å²) in [6.45, 7) is 0. The summed E-state index contributed by atoms with van der Waals surface area (Å²) in [6, 6.07) is 18.0. The van der Waals surface area contributed by atoms with Gasteiger partial charge in [-0.05, 0) is 60.7 Å². The van der Waals surface area contributed by atoms with E-state index < -0.39 is 0 Å². The van der Waals surface area contributed by atoms with Crippen molar-refractivity contribution in [2.45, 2.75) is 12.1 Å². The number of thiocarbonyl (C=S) groups is 1. The van der Waals surface area contributed by atoms with E-state index in [-0.39, 0.29) is 12.1 Å². The maximum Gasteiger partial charge on any atom is 0.174 e. The number of benzene rings is 1. The van der Waals surface area contributed by atoms with E-state index >= 15 is 0 Å². The molecule has 5 nitrogen and oxygen atoms in total. The number of pyridine rings is 1. The second-order valence-corrected chi connectivity index (χ2v) is 6.81. The summed E-state index contributed by atoms with van der Waals surface area (Å²) < 4.78 is 5.75. The number of rotatable bonds is 4. The van der Waals surface area contributed by atoms with Crippen LogP contribution < -0.4 is 15.1 Å². The minimum absolute atomic E-state index is 0.0802. The summed E-state index contributed by atoms with van der Waals surface area (Å²) in [5, 5.41) is 4.09. The highest BCUT2D eigenvalue weighted by Gasteiger charge is 2.42. The maximum atomic E-state index is 5.75. The molecule has 0 bridgehead atoms. The van der Waals surface area contributed by atoms with E-state index in [2.05, 4.69) is 44.4 Å². The molecule has 1 saturated heterocycles. The van der Waals surface area contributed by atoms with Crippen LogP contribution in [0.15, 0.2) is 71.5 Å². The van der Waals surface area contributed by atoms with Gasteiger partial charge in [0.2, 0.25) is 0 Å². The Labute approximate surface area is 158 Å². The zero-order valence-electron chi connectivity index (χ0n) is 14.7. The molecule has 0 radical (unpaired) electrons. The predicted octanol–water partition coefficient (Wildman–Crippen LogP) is 3.92. The number of hydrogen-bond donors (Lipinski definition) is 1. The standard InChI is InChI=1S/C20H20N4OS/c1-23(2)14-8-10-15(11-9-14)24-19(17-7-5-13-25-17)18(22-20(24)26)16-6-3-4-12-21-16/h3-13,18-19H,1-2H3,(H,22,26)/t18-,19+/m0/s1. The third-order valence-corrected chi connectivity index (χ3v) is 4.89. The van der Waals surface area contributed by atoms with Gasteiger partial charge in [-0.3, -0.25) is 4.98 Å². The second-order valence-electron chi connectivity index (χ2n) is 6.42. The molecule has 1 aromatic carbocycles. The van der Waals surface area contributed by atoms with E-state index in [4.69, 9.17) is 16.6 Å². The Morgan fingerprint density at radius 2 is 1.88 bits per heavy atom. The summed E-state index contributed by atoms with van der Waals surface area (Å²) >= 11 is 5.67. The van der Waals surface area contributed by atoms with Gasteiger partial charge in [-0.1, -0.05) is 6.07 Å². The zero-order chi connectivity index (χ0) is 18.1. The molecule has 1 fully saturated rings. The third kappa shape index (κ3) is 2.93. The molecule has 6 heteroatoms. The van der Waals surface area contributed by atoms with Crippen molar-refractivity contribution in [1.29, 1.82) is 0 Å². The summed E-state index contributed by atoms with van der Waals surface area (Å²) in [5.41, 5.74) is 3.10. The first-order chi connectivity index (χ1) is 12.6. The van der Waals surface area contributed by atoms with Crippen LogP contribution in [0.1, 0.15) is 23.5 Å². The van der Waals surface area contributed by atoms with Crippen LogP contribution in [0.5, 0.6) is 0 Å². The first kappa shape index (κ1) is 16.6. The maximum absolute atomic E-state index is 5.75. The van der Waals surface area contributed by atoms with Crippen molar-refractivity contribution >= 4 is 28.7 Å². The van der Waals surface area contributed by atoms with E-state index in [1.807, 2.05) is 44.4 Å². The predicted molar refractivity (Wildman–Crippen MR) is 107 cm³/mol. The first-order valence-electron chi connectivity index (χ1n) is 8.46. The smallest absolute Gasteiger partial charge is 0.174 e. The Kier molecular flexibility index (Phi) is 4.34. The van der Waals surface area contributed by atoms with Gasteiger partial charge >= 0.3 is 0 Å². The number of nitrogens with one attached hydrogen (secondary N) is 1. The average molecular weight is 364 g/mol. The zero-order valence-corrected chi connectivity index (χ0v) is 15.5. The van der Waals surface area contributed by atoms with E-state index in [1.54, 1.807) is 12.5 Å². The Bertz CT molecular complexity index is 878. The second kappa shape index (κ2) is 6.80. The number of aromatic nitrogens is 1. The quantitative estimate of drug-likeness (QED) is 0.708. The van der Waals surface area contributed by atoms with Gasteiger partial charge in [0.25, 0.3) is 0 Å². The van der Waals surface area contributed by atoms with Crippen molar-refractivity contribution in [2.24, 2.45) is 0 Å². The molecule has 2 aromatic heterocycles. The average Bonchev–Trinajstić information content (AvgIpc) is 3.30. The van der Waals surface area contributed by atoms with Crippen LogP contribution in [0.25, 0.3) is 0 Å². The molecule has 3 aromatic rings. The molecule has 4 rings (SSSR count). The molecule has 2 atom stereocenters. The van der Waals surface area contributed by atoms with E-state index in [1.165, 1.54) is 0 Å². The fourth-order valence-corrected chi connectivity index (χ4v) is 3.64. The lowest BCUT2D eigenvalue weighted by atomic mass is 10.0. The fraction of sp³-hybridized carbons (Fsp3) is 0.200. The molecule has 26 heavy (non-hydrogen) atoms. The minimum Gasteiger partial charge on any atom is -0.467 e. The fourth-order valence-electron chi connectivity index (χ4n) is 3.29. The molecular weight excluding hydrogens is 344 g/mol. The molecule has 1 N–H and O–H groups in total. The Hall–Kier alpha value is -2.86. The minimum atomic E-state index is -0.0994.